The Balaban J connectivity index is 2.51. The second-order valence-electron chi connectivity index (χ2n) is 5.51. The third kappa shape index (κ3) is 3.22. The lowest BCUT2D eigenvalue weighted by atomic mass is 9.98. The summed E-state index contributed by atoms with van der Waals surface area (Å²) in [6, 6.07) is 6.83. The molecule has 0 bridgehead atoms. The summed E-state index contributed by atoms with van der Waals surface area (Å²) in [5.74, 6) is -3.87. The molecule has 0 aromatic heterocycles. The van der Waals surface area contributed by atoms with Gasteiger partial charge in [-0.2, -0.15) is 0 Å². The van der Waals surface area contributed by atoms with Gasteiger partial charge in [0.1, 0.15) is 11.3 Å². The predicted molar refractivity (Wildman–Crippen MR) is 87.9 cm³/mol. The van der Waals surface area contributed by atoms with Crippen LogP contribution in [0.5, 0.6) is 28.7 Å². The lowest BCUT2D eigenvalue weighted by molar-refractivity contribution is 0.0727. The van der Waals surface area contributed by atoms with Crippen LogP contribution < -0.4 is 4.74 Å². The maximum atomic E-state index is 12.5. The normalized spacial score (nSPS) is 10.6. The number of rotatable bonds is 5. The zero-order chi connectivity index (χ0) is 17.9. The van der Waals surface area contributed by atoms with E-state index in [0.717, 1.165) is 6.42 Å². The summed E-state index contributed by atoms with van der Waals surface area (Å²) in [6.07, 6.45) is 1.62. The van der Waals surface area contributed by atoms with Gasteiger partial charge < -0.3 is 25.2 Å². The van der Waals surface area contributed by atoms with Crippen LogP contribution >= 0.6 is 0 Å². The van der Waals surface area contributed by atoms with Gasteiger partial charge in [-0.3, -0.25) is 0 Å². The summed E-state index contributed by atoms with van der Waals surface area (Å²) in [6.45, 7) is 3.68. The fourth-order valence-electron chi connectivity index (χ4n) is 2.39. The fraction of sp³-hybridized carbons (Fsp3) is 0.278. The van der Waals surface area contributed by atoms with Crippen molar-refractivity contribution in [2.24, 2.45) is 0 Å². The number of ether oxygens (including phenoxy) is 1. The summed E-state index contributed by atoms with van der Waals surface area (Å²) in [5, 5.41) is 39.5. The van der Waals surface area contributed by atoms with E-state index in [4.69, 9.17) is 4.74 Å². The molecule has 24 heavy (non-hydrogen) atoms. The number of aryl methyl sites for hydroxylation is 1. The highest BCUT2D eigenvalue weighted by Crippen LogP contribution is 2.47. The second kappa shape index (κ2) is 7.12. The van der Waals surface area contributed by atoms with E-state index < -0.39 is 29.0 Å². The lowest BCUT2D eigenvalue weighted by Crippen LogP contribution is -2.13. The fourth-order valence-corrected chi connectivity index (χ4v) is 2.39. The summed E-state index contributed by atoms with van der Waals surface area (Å²) < 4.78 is 5.28. The number of benzene rings is 2. The van der Waals surface area contributed by atoms with E-state index in [9.17, 15) is 25.2 Å². The molecular formula is C18H20O6. The SMILES string of the molecule is CCCCc1c(O)c(O)c(O)c(O)c1C(=O)Oc1ccccc1C. The second-order valence-corrected chi connectivity index (χ2v) is 5.51. The highest BCUT2D eigenvalue weighted by Gasteiger charge is 2.28. The van der Waals surface area contributed by atoms with Gasteiger partial charge in [0.05, 0.1) is 0 Å². The molecule has 0 radical (unpaired) electrons. The largest absolute Gasteiger partial charge is 0.504 e. The Kier molecular flexibility index (Phi) is 5.18. The Morgan fingerprint density at radius 2 is 1.62 bits per heavy atom. The monoisotopic (exact) mass is 332 g/mol. The van der Waals surface area contributed by atoms with Crippen LogP contribution in [0.3, 0.4) is 0 Å². The average molecular weight is 332 g/mol. The van der Waals surface area contributed by atoms with Crippen LogP contribution in [0.15, 0.2) is 24.3 Å². The van der Waals surface area contributed by atoms with Crippen molar-refractivity contribution in [1.82, 2.24) is 0 Å². The molecule has 2 rings (SSSR count). The van der Waals surface area contributed by atoms with Crippen molar-refractivity contribution in [2.75, 3.05) is 0 Å². The third-order valence-electron chi connectivity index (χ3n) is 3.78. The number of hydrogen-bond acceptors (Lipinski definition) is 6. The van der Waals surface area contributed by atoms with Gasteiger partial charge >= 0.3 is 5.97 Å². The zero-order valence-corrected chi connectivity index (χ0v) is 13.5. The number of unbranched alkanes of at least 4 members (excludes halogenated alkanes) is 1. The van der Waals surface area contributed by atoms with Crippen molar-refractivity contribution in [3.05, 3.63) is 41.0 Å². The number of carbonyl (C=O) groups excluding carboxylic acids is 1. The molecule has 0 atom stereocenters. The van der Waals surface area contributed by atoms with Gasteiger partial charge in [-0.25, -0.2) is 4.79 Å². The molecule has 0 fully saturated rings. The first-order valence-electron chi connectivity index (χ1n) is 7.64. The van der Waals surface area contributed by atoms with Crippen LogP contribution in [0.4, 0.5) is 0 Å². The van der Waals surface area contributed by atoms with E-state index in [1.165, 1.54) is 0 Å². The molecule has 0 saturated heterocycles. The predicted octanol–water partition coefficient (Wildman–Crippen LogP) is 3.38. The van der Waals surface area contributed by atoms with Crippen LogP contribution in [-0.4, -0.2) is 26.4 Å². The molecule has 0 aliphatic rings. The minimum atomic E-state index is -0.954. The van der Waals surface area contributed by atoms with Crippen LogP contribution in [0.25, 0.3) is 0 Å². The molecular weight excluding hydrogens is 312 g/mol. The Labute approximate surface area is 139 Å². The first kappa shape index (κ1) is 17.5. The summed E-state index contributed by atoms with van der Waals surface area (Å²) in [4.78, 5) is 12.5. The summed E-state index contributed by atoms with van der Waals surface area (Å²) in [5.41, 5.74) is 0.412. The van der Waals surface area contributed by atoms with E-state index in [-0.39, 0.29) is 17.5 Å². The molecule has 2 aromatic carbocycles. The number of phenolic OH excluding ortho intramolecular Hbond substituents is 4. The quantitative estimate of drug-likeness (QED) is 0.289. The van der Waals surface area contributed by atoms with Gasteiger partial charge in [0.25, 0.3) is 0 Å². The first-order valence-corrected chi connectivity index (χ1v) is 7.64. The Morgan fingerprint density at radius 3 is 2.25 bits per heavy atom. The summed E-state index contributed by atoms with van der Waals surface area (Å²) >= 11 is 0. The molecule has 0 aliphatic heterocycles. The summed E-state index contributed by atoms with van der Waals surface area (Å²) in [7, 11) is 0. The molecule has 0 amide bonds. The smallest absolute Gasteiger partial charge is 0.347 e. The number of para-hydroxylation sites is 1. The average Bonchev–Trinajstić information content (AvgIpc) is 2.57. The van der Waals surface area contributed by atoms with Crippen molar-refractivity contribution in [3.8, 4) is 28.7 Å². The Bertz CT molecular complexity index is 767. The molecule has 0 saturated carbocycles. The third-order valence-corrected chi connectivity index (χ3v) is 3.78. The molecule has 6 nitrogen and oxygen atoms in total. The topological polar surface area (TPSA) is 107 Å². The van der Waals surface area contributed by atoms with Gasteiger partial charge in [0.2, 0.25) is 11.5 Å². The van der Waals surface area contributed by atoms with Crippen LogP contribution in [-0.2, 0) is 6.42 Å². The molecule has 128 valence electrons. The molecule has 0 spiro atoms. The molecule has 0 unspecified atom stereocenters. The van der Waals surface area contributed by atoms with Crippen LogP contribution in [0.2, 0.25) is 0 Å². The number of aromatic hydroxyl groups is 4. The zero-order valence-electron chi connectivity index (χ0n) is 13.5. The van der Waals surface area contributed by atoms with Gasteiger partial charge in [-0.15, -0.1) is 0 Å². The number of esters is 1. The Morgan fingerprint density at radius 1 is 1.00 bits per heavy atom. The van der Waals surface area contributed by atoms with Crippen LogP contribution in [0.1, 0.15) is 41.3 Å². The molecule has 0 aliphatic carbocycles. The number of hydrogen-bond donors (Lipinski definition) is 4. The minimum Gasteiger partial charge on any atom is -0.504 e. The van der Waals surface area contributed by atoms with Gasteiger partial charge in [0, 0.05) is 5.56 Å². The molecule has 6 heteroatoms. The van der Waals surface area contributed by atoms with E-state index in [1.54, 1.807) is 31.2 Å². The highest BCUT2D eigenvalue weighted by atomic mass is 16.5. The van der Waals surface area contributed by atoms with Crippen molar-refractivity contribution in [2.45, 2.75) is 33.1 Å². The van der Waals surface area contributed by atoms with Gasteiger partial charge in [-0.05, 0) is 31.4 Å². The maximum absolute atomic E-state index is 12.5. The van der Waals surface area contributed by atoms with Gasteiger partial charge in [0.15, 0.2) is 11.5 Å². The van der Waals surface area contributed by atoms with Crippen LogP contribution in [0, 0.1) is 6.92 Å². The molecule has 2 aromatic rings. The number of phenols is 4. The van der Waals surface area contributed by atoms with E-state index in [2.05, 4.69) is 0 Å². The first-order chi connectivity index (χ1) is 11.4. The number of carbonyl (C=O) groups is 1. The van der Waals surface area contributed by atoms with Crippen molar-refractivity contribution in [3.63, 3.8) is 0 Å². The van der Waals surface area contributed by atoms with Crippen molar-refractivity contribution < 1.29 is 30.0 Å². The van der Waals surface area contributed by atoms with E-state index in [0.29, 0.717) is 17.7 Å². The van der Waals surface area contributed by atoms with Gasteiger partial charge in [-0.1, -0.05) is 31.5 Å². The minimum absolute atomic E-state index is 0.0447. The van der Waals surface area contributed by atoms with Crippen molar-refractivity contribution >= 4 is 5.97 Å². The van der Waals surface area contributed by atoms with Crippen molar-refractivity contribution in [1.29, 1.82) is 0 Å². The molecule has 4 N–H and O–H groups in total. The molecule has 0 heterocycles. The standard InChI is InChI=1S/C18H20O6/c1-3-4-8-11-13(15(20)17(22)16(21)14(11)19)18(23)24-12-9-6-5-7-10(12)2/h5-7,9,19-22H,3-4,8H2,1-2H3. The lowest BCUT2D eigenvalue weighted by Gasteiger charge is -2.16. The van der Waals surface area contributed by atoms with E-state index in [1.807, 2.05) is 6.92 Å². The Hall–Kier alpha value is -2.89. The highest BCUT2D eigenvalue weighted by molar-refractivity contribution is 5.98. The maximum Gasteiger partial charge on any atom is 0.347 e. The van der Waals surface area contributed by atoms with E-state index >= 15 is 0 Å².